The molecule has 4 nitrogen and oxygen atoms in total. The van der Waals surface area contributed by atoms with Crippen LogP contribution in [0.15, 0.2) is 22.8 Å². The fourth-order valence-corrected chi connectivity index (χ4v) is 2.50. The summed E-state index contributed by atoms with van der Waals surface area (Å²) in [5.74, 6) is -0.0611. The molecule has 0 spiro atoms. The second kappa shape index (κ2) is 5.36. The minimum absolute atomic E-state index is 0.0611. The largest absolute Gasteiger partial charge is 0.390 e. The first kappa shape index (κ1) is 13.5. The number of pyridine rings is 1. The maximum absolute atomic E-state index is 12.3. The van der Waals surface area contributed by atoms with Crippen LogP contribution in [-0.2, 0) is 0 Å². The number of rotatable bonds is 1. The lowest BCUT2D eigenvalue weighted by molar-refractivity contribution is 0.0437. The monoisotopic (exact) mass is 312 g/mol. The molecule has 1 fully saturated rings. The lowest BCUT2D eigenvalue weighted by atomic mass is 9.98. The smallest absolute Gasteiger partial charge is 0.272 e. The van der Waals surface area contributed by atoms with E-state index in [0.29, 0.717) is 29.8 Å². The third-order valence-corrected chi connectivity index (χ3v) is 3.73. The zero-order valence-electron chi connectivity index (χ0n) is 10.4. The summed E-state index contributed by atoms with van der Waals surface area (Å²) in [6, 6.07) is 5.32. The molecule has 5 heteroatoms. The van der Waals surface area contributed by atoms with E-state index in [2.05, 4.69) is 20.9 Å². The zero-order chi connectivity index (χ0) is 13.2. The van der Waals surface area contributed by atoms with Crippen molar-refractivity contribution in [1.29, 1.82) is 0 Å². The van der Waals surface area contributed by atoms with Gasteiger partial charge in [-0.2, -0.15) is 0 Å². The number of nitrogens with zero attached hydrogens (tertiary/aromatic N) is 2. The lowest BCUT2D eigenvalue weighted by Gasteiger charge is -2.22. The molecule has 0 bridgehead atoms. The Bertz CT molecular complexity index is 448. The molecule has 1 atom stereocenters. The second-order valence-corrected chi connectivity index (χ2v) is 5.80. The summed E-state index contributed by atoms with van der Waals surface area (Å²) in [4.78, 5) is 18.2. The summed E-state index contributed by atoms with van der Waals surface area (Å²) in [6.07, 6.45) is 2.18. The molecule has 18 heavy (non-hydrogen) atoms. The molecule has 1 amide bonds. The summed E-state index contributed by atoms with van der Waals surface area (Å²) in [5.41, 5.74) is -0.203. The normalized spacial score (nSPS) is 24.7. The van der Waals surface area contributed by atoms with E-state index in [0.717, 1.165) is 12.8 Å². The third kappa shape index (κ3) is 3.29. The Balaban J connectivity index is 2.10. The first-order chi connectivity index (χ1) is 8.48. The van der Waals surface area contributed by atoms with E-state index in [-0.39, 0.29) is 5.91 Å². The molecule has 1 aliphatic heterocycles. The third-order valence-electron chi connectivity index (χ3n) is 3.29. The number of aromatic nitrogens is 1. The van der Waals surface area contributed by atoms with Crippen LogP contribution >= 0.6 is 15.9 Å². The summed E-state index contributed by atoms with van der Waals surface area (Å²) in [7, 11) is 0. The molecule has 1 N–H and O–H groups in total. The number of amides is 1. The molecule has 1 unspecified atom stereocenters. The summed E-state index contributed by atoms with van der Waals surface area (Å²) in [6.45, 7) is 3.10. The van der Waals surface area contributed by atoms with Gasteiger partial charge >= 0.3 is 0 Å². The number of hydrogen-bond acceptors (Lipinski definition) is 3. The van der Waals surface area contributed by atoms with Crippen LogP contribution in [-0.4, -0.2) is 39.6 Å². The SMILES string of the molecule is CC1(O)CCCN(C(=O)c2cccc(Br)n2)CC1. The maximum Gasteiger partial charge on any atom is 0.272 e. The Kier molecular flexibility index (Phi) is 4.02. The van der Waals surface area contributed by atoms with Gasteiger partial charge in [0, 0.05) is 13.1 Å². The van der Waals surface area contributed by atoms with Crippen LogP contribution in [0.1, 0.15) is 36.7 Å². The highest BCUT2D eigenvalue weighted by Gasteiger charge is 2.27. The fraction of sp³-hybridized carbons (Fsp3) is 0.538. The molecular formula is C13H17BrN2O2. The van der Waals surface area contributed by atoms with Crippen molar-refractivity contribution in [2.45, 2.75) is 31.8 Å². The van der Waals surface area contributed by atoms with Gasteiger partial charge in [-0.1, -0.05) is 6.07 Å². The molecule has 1 aromatic heterocycles. The molecular weight excluding hydrogens is 296 g/mol. The number of halogens is 1. The Labute approximate surface area is 115 Å². The average Bonchev–Trinajstić information content (AvgIpc) is 2.49. The minimum atomic E-state index is -0.653. The van der Waals surface area contributed by atoms with Gasteiger partial charge in [0.2, 0.25) is 0 Å². The van der Waals surface area contributed by atoms with Gasteiger partial charge in [0.15, 0.2) is 0 Å². The molecule has 1 saturated heterocycles. The summed E-state index contributed by atoms with van der Waals surface area (Å²) < 4.78 is 0.662. The van der Waals surface area contributed by atoms with Crippen molar-refractivity contribution in [2.75, 3.05) is 13.1 Å². The standard InChI is InChI=1S/C13H17BrN2O2/c1-13(18)6-3-8-16(9-7-13)12(17)10-4-2-5-11(14)15-10/h2,4-5,18H,3,6-9H2,1H3. The summed E-state index contributed by atoms with van der Waals surface area (Å²) in [5, 5.41) is 10.0. The van der Waals surface area contributed by atoms with Crippen molar-refractivity contribution < 1.29 is 9.90 Å². The number of carbonyl (C=O) groups excluding carboxylic acids is 1. The van der Waals surface area contributed by atoms with Crippen molar-refractivity contribution in [1.82, 2.24) is 9.88 Å². The molecule has 1 aliphatic rings. The van der Waals surface area contributed by atoms with Crippen LogP contribution < -0.4 is 0 Å². The molecule has 2 heterocycles. The molecule has 0 saturated carbocycles. The van der Waals surface area contributed by atoms with Crippen LogP contribution in [0, 0.1) is 0 Å². The van der Waals surface area contributed by atoms with E-state index in [9.17, 15) is 9.90 Å². The van der Waals surface area contributed by atoms with E-state index in [1.807, 2.05) is 6.92 Å². The van der Waals surface area contributed by atoms with E-state index in [1.165, 1.54) is 0 Å². The first-order valence-corrected chi connectivity index (χ1v) is 6.91. The second-order valence-electron chi connectivity index (χ2n) is 4.99. The Morgan fingerprint density at radius 2 is 2.22 bits per heavy atom. The van der Waals surface area contributed by atoms with Crippen LogP contribution in [0.5, 0.6) is 0 Å². The van der Waals surface area contributed by atoms with Crippen LogP contribution in [0.2, 0.25) is 0 Å². The number of hydrogen-bond donors (Lipinski definition) is 1. The van der Waals surface area contributed by atoms with Gasteiger partial charge in [-0.3, -0.25) is 4.79 Å². The zero-order valence-corrected chi connectivity index (χ0v) is 12.0. The molecule has 1 aromatic rings. The number of likely N-dealkylation sites (tertiary alicyclic amines) is 1. The van der Waals surface area contributed by atoms with Gasteiger partial charge in [-0.15, -0.1) is 0 Å². The molecule has 2 rings (SSSR count). The van der Waals surface area contributed by atoms with E-state index < -0.39 is 5.60 Å². The van der Waals surface area contributed by atoms with E-state index >= 15 is 0 Å². The van der Waals surface area contributed by atoms with Gasteiger partial charge in [0.1, 0.15) is 10.3 Å². The van der Waals surface area contributed by atoms with Gasteiger partial charge in [-0.25, -0.2) is 4.98 Å². The number of carbonyl (C=O) groups is 1. The summed E-state index contributed by atoms with van der Waals surface area (Å²) >= 11 is 3.27. The van der Waals surface area contributed by atoms with Crippen LogP contribution in [0.4, 0.5) is 0 Å². The number of aliphatic hydroxyl groups is 1. The topological polar surface area (TPSA) is 53.4 Å². The Morgan fingerprint density at radius 3 is 2.94 bits per heavy atom. The maximum atomic E-state index is 12.3. The highest BCUT2D eigenvalue weighted by Crippen LogP contribution is 2.22. The van der Waals surface area contributed by atoms with E-state index in [1.54, 1.807) is 23.1 Å². The predicted octanol–water partition coefficient (Wildman–Crippen LogP) is 2.22. The van der Waals surface area contributed by atoms with Crippen molar-refractivity contribution >= 4 is 21.8 Å². The fourth-order valence-electron chi connectivity index (χ4n) is 2.16. The van der Waals surface area contributed by atoms with Gasteiger partial charge in [0.25, 0.3) is 5.91 Å². The Morgan fingerprint density at radius 1 is 1.44 bits per heavy atom. The molecule has 0 aliphatic carbocycles. The van der Waals surface area contributed by atoms with Crippen molar-refractivity contribution in [3.8, 4) is 0 Å². The van der Waals surface area contributed by atoms with Crippen molar-refractivity contribution in [2.24, 2.45) is 0 Å². The van der Waals surface area contributed by atoms with Gasteiger partial charge in [-0.05, 0) is 54.2 Å². The Hall–Kier alpha value is -0.940. The quantitative estimate of drug-likeness (QED) is 0.809. The van der Waals surface area contributed by atoms with E-state index in [4.69, 9.17) is 0 Å². The van der Waals surface area contributed by atoms with Crippen molar-refractivity contribution in [3.63, 3.8) is 0 Å². The van der Waals surface area contributed by atoms with Gasteiger partial charge in [0.05, 0.1) is 5.60 Å². The van der Waals surface area contributed by atoms with Crippen molar-refractivity contribution in [3.05, 3.63) is 28.5 Å². The molecule has 0 radical (unpaired) electrons. The minimum Gasteiger partial charge on any atom is -0.390 e. The van der Waals surface area contributed by atoms with Gasteiger partial charge < -0.3 is 10.0 Å². The molecule has 0 aromatic carbocycles. The van der Waals surface area contributed by atoms with Crippen LogP contribution in [0.25, 0.3) is 0 Å². The molecule has 98 valence electrons. The highest BCUT2D eigenvalue weighted by atomic mass is 79.9. The first-order valence-electron chi connectivity index (χ1n) is 6.12. The average molecular weight is 313 g/mol. The lowest BCUT2D eigenvalue weighted by Crippen LogP contribution is -2.34. The van der Waals surface area contributed by atoms with Crippen LogP contribution in [0.3, 0.4) is 0 Å². The highest BCUT2D eigenvalue weighted by molar-refractivity contribution is 9.10. The predicted molar refractivity (Wildman–Crippen MR) is 72.3 cm³/mol.